The Hall–Kier alpha value is -1.17. The molecule has 1 aliphatic carbocycles. The highest BCUT2D eigenvalue weighted by Gasteiger charge is 2.48. The van der Waals surface area contributed by atoms with Crippen LogP contribution in [-0.4, -0.2) is 34.5 Å². The zero-order valence-electron chi connectivity index (χ0n) is 12.8. The minimum absolute atomic E-state index is 0.0472. The van der Waals surface area contributed by atoms with Crippen LogP contribution in [-0.2, 0) is 16.0 Å². The van der Waals surface area contributed by atoms with Gasteiger partial charge < -0.3 is 14.9 Å². The number of benzene rings is 1. The first-order valence-electron chi connectivity index (χ1n) is 8.01. The lowest BCUT2D eigenvalue weighted by Gasteiger charge is -2.15. The third-order valence-electron chi connectivity index (χ3n) is 4.75. The Morgan fingerprint density at radius 3 is 3.04 bits per heavy atom. The van der Waals surface area contributed by atoms with E-state index in [-0.39, 0.29) is 23.9 Å². The van der Waals surface area contributed by atoms with Gasteiger partial charge in [0.25, 0.3) is 0 Å². The van der Waals surface area contributed by atoms with Gasteiger partial charge in [-0.3, -0.25) is 4.79 Å². The lowest BCUT2D eigenvalue weighted by atomic mass is 9.91. The number of fused-ring (bicyclic) bond motifs is 1. The van der Waals surface area contributed by atoms with Gasteiger partial charge in [-0.05, 0) is 30.5 Å². The SMILES string of the molecule is O=C1C[C@@H]2[C@@H](/C=C/[C@@H](O)CCc3cccc(Br)c3)[C@H](O)C[C@@H]2O1. The molecule has 2 aliphatic rings. The van der Waals surface area contributed by atoms with Gasteiger partial charge >= 0.3 is 5.97 Å². The molecule has 0 radical (unpaired) electrons. The van der Waals surface area contributed by atoms with Gasteiger partial charge in [0, 0.05) is 22.7 Å². The monoisotopic (exact) mass is 380 g/mol. The van der Waals surface area contributed by atoms with Crippen LogP contribution in [0.2, 0.25) is 0 Å². The van der Waals surface area contributed by atoms with E-state index < -0.39 is 12.2 Å². The minimum atomic E-state index is -0.557. The van der Waals surface area contributed by atoms with Crippen molar-refractivity contribution in [2.75, 3.05) is 0 Å². The quantitative estimate of drug-likeness (QED) is 0.608. The molecule has 1 heterocycles. The van der Waals surface area contributed by atoms with Gasteiger partial charge in [0.1, 0.15) is 6.10 Å². The van der Waals surface area contributed by atoms with Gasteiger partial charge in [-0.15, -0.1) is 0 Å². The Labute approximate surface area is 144 Å². The van der Waals surface area contributed by atoms with Crippen molar-refractivity contribution in [1.82, 2.24) is 0 Å². The first kappa shape index (κ1) is 16.7. The van der Waals surface area contributed by atoms with Crippen LogP contribution in [0.5, 0.6) is 0 Å². The summed E-state index contributed by atoms with van der Waals surface area (Å²) in [6, 6.07) is 8.04. The van der Waals surface area contributed by atoms with E-state index in [0.717, 1.165) is 10.9 Å². The van der Waals surface area contributed by atoms with Crippen molar-refractivity contribution < 1.29 is 19.7 Å². The molecule has 1 aromatic carbocycles. The number of carbonyl (C=O) groups is 1. The Morgan fingerprint density at radius 2 is 2.26 bits per heavy atom. The number of hydrogen-bond donors (Lipinski definition) is 2. The van der Waals surface area contributed by atoms with E-state index >= 15 is 0 Å². The summed E-state index contributed by atoms with van der Waals surface area (Å²) >= 11 is 3.44. The normalized spacial score (nSPS) is 31.3. The molecule has 3 rings (SSSR count). The fourth-order valence-corrected chi connectivity index (χ4v) is 3.99. The van der Waals surface area contributed by atoms with Crippen LogP contribution in [0, 0.1) is 11.8 Å². The Kier molecular flexibility index (Phi) is 5.19. The fraction of sp³-hybridized carbons (Fsp3) is 0.500. The Morgan fingerprint density at radius 1 is 1.43 bits per heavy atom. The van der Waals surface area contributed by atoms with Gasteiger partial charge in [0.05, 0.1) is 18.6 Å². The molecule has 0 amide bonds. The van der Waals surface area contributed by atoms with Crippen LogP contribution < -0.4 is 0 Å². The van der Waals surface area contributed by atoms with E-state index in [0.29, 0.717) is 19.3 Å². The maximum absolute atomic E-state index is 11.4. The highest BCUT2D eigenvalue weighted by molar-refractivity contribution is 9.10. The number of hydrogen-bond acceptors (Lipinski definition) is 4. The van der Waals surface area contributed by atoms with Crippen molar-refractivity contribution in [3.8, 4) is 0 Å². The van der Waals surface area contributed by atoms with Crippen LogP contribution >= 0.6 is 15.9 Å². The number of rotatable bonds is 5. The lowest BCUT2D eigenvalue weighted by molar-refractivity contribution is -0.141. The maximum Gasteiger partial charge on any atom is 0.306 e. The van der Waals surface area contributed by atoms with E-state index in [2.05, 4.69) is 15.9 Å². The van der Waals surface area contributed by atoms with E-state index in [4.69, 9.17) is 4.74 Å². The van der Waals surface area contributed by atoms with Crippen molar-refractivity contribution in [3.05, 3.63) is 46.5 Å². The summed E-state index contributed by atoms with van der Waals surface area (Å²) in [7, 11) is 0. The molecule has 1 saturated heterocycles. The van der Waals surface area contributed by atoms with Gasteiger partial charge in [-0.25, -0.2) is 0 Å². The molecule has 0 unspecified atom stereocenters. The number of aliphatic hydroxyl groups excluding tert-OH is 2. The first-order chi connectivity index (χ1) is 11.0. The molecular weight excluding hydrogens is 360 g/mol. The molecule has 2 N–H and O–H groups in total. The fourth-order valence-electron chi connectivity index (χ4n) is 3.55. The second-order valence-electron chi connectivity index (χ2n) is 6.40. The molecule has 5 atom stereocenters. The number of halogens is 1. The molecule has 1 aliphatic heterocycles. The summed E-state index contributed by atoms with van der Waals surface area (Å²) in [4.78, 5) is 11.4. The van der Waals surface area contributed by atoms with Crippen LogP contribution in [0.4, 0.5) is 0 Å². The summed E-state index contributed by atoms with van der Waals surface area (Å²) in [5.74, 6) is -0.237. The summed E-state index contributed by atoms with van der Waals surface area (Å²) in [5.41, 5.74) is 1.17. The molecule has 4 nitrogen and oxygen atoms in total. The zero-order valence-corrected chi connectivity index (χ0v) is 14.4. The number of carbonyl (C=O) groups excluding carboxylic acids is 1. The summed E-state index contributed by atoms with van der Waals surface area (Å²) in [6.45, 7) is 0. The number of aryl methyl sites for hydroxylation is 1. The van der Waals surface area contributed by atoms with Crippen LogP contribution in [0.15, 0.2) is 40.9 Å². The van der Waals surface area contributed by atoms with Crippen LogP contribution in [0.1, 0.15) is 24.8 Å². The van der Waals surface area contributed by atoms with Crippen molar-refractivity contribution >= 4 is 21.9 Å². The highest BCUT2D eigenvalue weighted by Crippen LogP contribution is 2.42. The second-order valence-corrected chi connectivity index (χ2v) is 7.31. The Balaban J connectivity index is 1.53. The summed E-state index contributed by atoms with van der Waals surface area (Å²) < 4.78 is 6.24. The van der Waals surface area contributed by atoms with Crippen LogP contribution in [0.3, 0.4) is 0 Å². The third kappa shape index (κ3) is 4.03. The Bertz CT molecular complexity index is 600. The average Bonchev–Trinajstić information content (AvgIpc) is 2.98. The highest BCUT2D eigenvalue weighted by atomic mass is 79.9. The van der Waals surface area contributed by atoms with Crippen molar-refractivity contribution in [1.29, 1.82) is 0 Å². The van der Waals surface area contributed by atoms with Crippen molar-refractivity contribution in [2.45, 2.75) is 44.0 Å². The van der Waals surface area contributed by atoms with Crippen molar-refractivity contribution in [3.63, 3.8) is 0 Å². The predicted octanol–water partition coefficient (Wildman–Crippen LogP) is 2.61. The molecule has 0 bridgehead atoms. The molecular formula is C18H21BrO4. The van der Waals surface area contributed by atoms with Gasteiger partial charge in [-0.1, -0.05) is 40.2 Å². The minimum Gasteiger partial charge on any atom is -0.462 e. The molecule has 2 fully saturated rings. The molecule has 124 valence electrons. The van der Waals surface area contributed by atoms with Crippen LogP contribution in [0.25, 0.3) is 0 Å². The molecule has 5 heteroatoms. The van der Waals surface area contributed by atoms with Gasteiger partial charge in [0.2, 0.25) is 0 Å². The zero-order chi connectivity index (χ0) is 16.4. The summed E-state index contributed by atoms with van der Waals surface area (Å²) in [5, 5.41) is 20.2. The van der Waals surface area contributed by atoms with E-state index in [1.54, 1.807) is 6.08 Å². The molecule has 0 aromatic heterocycles. The molecule has 23 heavy (non-hydrogen) atoms. The molecule has 1 saturated carbocycles. The smallest absolute Gasteiger partial charge is 0.306 e. The number of ether oxygens (including phenoxy) is 1. The first-order valence-corrected chi connectivity index (χ1v) is 8.80. The maximum atomic E-state index is 11.4. The number of aliphatic hydroxyl groups is 2. The average molecular weight is 381 g/mol. The predicted molar refractivity (Wildman–Crippen MR) is 89.7 cm³/mol. The largest absolute Gasteiger partial charge is 0.462 e. The standard InChI is InChI=1S/C18H21BrO4/c19-12-3-1-2-11(8-12)4-5-13(20)6-7-14-15-9-18(22)23-17(15)10-16(14)21/h1-3,6-8,13-17,20-21H,4-5,9-10H2/b7-6+/t13-,14+,15+,16+,17-/m0/s1. The molecule has 1 aromatic rings. The number of esters is 1. The van der Waals surface area contributed by atoms with Gasteiger partial charge in [-0.2, -0.15) is 0 Å². The van der Waals surface area contributed by atoms with Gasteiger partial charge in [0.15, 0.2) is 0 Å². The van der Waals surface area contributed by atoms with Crippen molar-refractivity contribution in [2.24, 2.45) is 11.8 Å². The summed E-state index contributed by atoms with van der Waals surface area (Å²) in [6.07, 6.45) is 4.67. The lowest BCUT2D eigenvalue weighted by Crippen LogP contribution is -2.18. The topological polar surface area (TPSA) is 66.8 Å². The molecule has 0 spiro atoms. The third-order valence-corrected chi connectivity index (χ3v) is 5.24. The van der Waals surface area contributed by atoms with E-state index in [1.807, 2.05) is 30.3 Å². The van der Waals surface area contributed by atoms with E-state index in [9.17, 15) is 15.0 Å². The second kappa shape index (κ2) is 7.16. The van der Waals surface area contributed by atoms with E-state index in [1.165, 1.54) is 5.56 Å².